The van der Waals surface area contributed by atoms with Gasteiger partial charge in [0.15, 0.2) is 11.4 Å². The van der Waals surface area contributed by atoms with Crippen LogP contribution in [0.2, 0.25) is 0 Å². The summed E-state index contributed by atoms with van der Waals surface area (Å²) in [4.78, 5) is 29.1. The average Bonchev–Trinajstić information content (AvgIpc) is 3.67. The molecule has 220 valence electrons. The van der Waals surface area contributed by atoms with Crippen molar-refractivity contribution in [3.05, 3.63) is 70.2 Å². The molecule has 8 rings (SSSR count). The van der Waals surface area contributed by atoms with Crippen molar-refractivity contribution in [3.8, 4) is 0 Å². The molecule has 0 radical (unpaired) electrons. The number of aliphatic hydroxyl groups is 1. The number of hydrogen-bond donors (Lipinski definition) is 2. The van der Waals surface area contributed by atoms with E-state index in [0.717, 1.165) is 71.2 Å². The minimum Gasteiger partial charge on any atom is -0.467 e. The lowest BCUT2D eigenvalue weighted by molar-refractivity contribution is -0.539. The first-order chi connectivity index (χ1) is 20.6. The summed E-state index contributed by atoms with van der Waals surface area (Å²) in [6, 6.07) is 6.17. The van der Waals surface area contributed by atoms with Gasteiger partial charge in [-0.25, -0.2) is 4.79 Å². The maximum absolute atomic E-state index is 13.7. The highest BCUT2D eigenvalue weighted by molar-refractivity contribution is 8.03. The second kappa shape index (κ2) is 9.11. The van der Waals surface area contributed by atoms with Crippen LogP contribution in [0.1, 0.15) is 54.6 Å². The fourth-order valence-electron chi connectivity index (χ4n) is 7.82. The number of ether oxygens (including phenoxy) is 2. The van der Waals surface area contributed by atoms with Crippen LogP contribution in [0, 0.1) is 0 Å². The van der Waals surface area contributed by atoms with E-state index < -0.39 is 23.5 Å². The number of amides is 1. The van der Waals surface area contributed by atoms with Crippen LogP contribution in [0.5, 0.6) is 0 Å². The van der Waals surface area contributed by atoms with Crippen molar-refractivity contribution in [1.29, 1.82) is 0 Å². The van der Waals surface area contributed by atoms with Gasteiger partial charge in [0.05, 0.1) is 36.1 Å². The molecule has 2 bridgehead atoms. The first kappa shape index (κ1) is 27.3. The molecule has 1 saturated heterocycles. The predicted octanol–water partition coefficient (Wildman–Crippen LogP) is 5.43. The summed E-state index contributed by atoms with van der Waals surface area (Å²) in [6.07, 6.45) is 5.88. The third-order valence-electron chi connectivity index (χ3n) is 9.55. The molecule has 2 aromatic carbocycles. The summed E-state index contributed by atoms with van der Waals surface area (Å²) < 4.78 is 16.2. The van der Waals surface area contributed by atoms with Crippen molar-refractivity contribution >= 4 is 68.6 Å². The Hall–Kier alpha value is -3.31. The van der Waals surface area contributed by atoms with E-state index in [1.807, 2.05) is 35.4 Å². The van der Waals surface area contributed by atoms with Crippen LogP contribution >= 0.6 is 23.5 Å². The van der Waals surface area contributed by atoms with Gasteiger partial charge in [-0.1, -0.05) is 37.4 Å². The molecule has 5 heterocycles. The van der Waals surface area contributed by atoms with E-state index in [9.17, 15) is 14.7 Å². The number of carbonyl (C=O) groups excluding carboxylic acids is 2. The monoisotopic (exact) mass is 614 g/mol. The van der Waals surface area contributed by atoms with Gasteiger partial charge in [0, 0.05) is 34.0 Å². The predicted molar refractivity (Wildman–Crippen MR) is 169 cm³/mol. The molecule has 4 atom stereocenters. The van der Waals surface area contributed by atoms with Gasteiger partial charge in [0.2, 0.25) is 11.3 Å². The number of benzene rings is 2. The van der Waals surface area contributed by atoms with Crippen molar-refractivity contribution < 1.29 is 28.7 Å². The quantitative estimate of drug-likeness (QED) is 0.217. The Bertz CT molecular complexity index is 1950. The standard InChI is InChI=1S/C33H31N3O5S2/c1-6-42-15-17-7-9-22-19(11-17)26-27-21(14-34-30(27)37)25-20-12-18(43-16(2)3)8-10-23(20)36-29(25)28(26)35(22)24-13-33(39,31(38)40-5)32(36,4)41-24/h7-12,19,24,39H,2,6,13-15H2,1,3-5H3/p+1. The number of thioether (sulfide) groups is 2. The maximum Gasteiger partial charge on any atom is 0.343 e. The lowest BCUT2D eigenvalue weighted by Gasteiger charge is -2.36. The highest BCUT2D eigenvalue weighted by Gasteiger charge is 2.70. The Morgan fingerprint density at radius 2 is 2.16 bits per heavy atom. The minimum atomic E-state index is -1.96. The number of allylic oxidation sites excluding steroid dienone is 4. The molecule has 5 aliphatic rings. The van der Waals surface area contributed by atoms with Gasteiger partial charge in [0.25, 0.3) is 12.1 Å². The van der Waals surface area contributed by atoms with Gasteiger partial charge in [-0.15, -0.1) is 0 Å². The van der Waals surface area contributed by atoms with Gasteiger partial charge >= 0.3 is 5.97 Å². The van der Waals surface area contributed by atoms with Crippen LogP contribution in [0.4, 0.5) is 5.69 Å². The third-order valence-corrected chi connectivity index (χ3v) is 11.3. The molecule has 10 heteroatoms. The van der Waals surface area contributed by atoms with Gasteiger partial charge in [0.1, 0.15) is 5.52 Å². The molecule has 2 N–H and O–H groups in total. The van der Waals surface area contributed by atoms with E-state index in [1.165, 1.54) is 12.7 Å². The smallest absolute Gasteiger partial charge is 0.343 e. The number of methoxy groups -OCH3 is 1. The summed E-state index contributed by atoms with van der Waals surface area (Å²) in [5.74, 6) is 0.932. The van der Waals surface area contributed by atoms with E-state index in [0.29, 0.717) is 6.54 Å². The highest BCUT2D eigenvalue weighted by Crippen LogP contribution is 2.59. The Labute approximate surface area is 257 Å². The van der Waals surface area contributed by atoms with E-state index in [-0.39, 0.29) is 18.2 Å². The Morgan fingerprint density at radius 1 is 1.35 bits per heavy atom. The number of hydrogen-bond acceptors (Lipinski definition) is 7. The molecule has 8 nitrogen and oxygen atoms in total. The fourth-order valence-corrected chi connectivity index (χ4v) is 9.17. The average molecular weight is 615 g/mol. The van der Waals surface area contributed by atoms with Crippen molar-refractivity contribution in [3.63, 3.8) is 0 Å². The molecular formula is C33H32N3O5S2+. The summed E-state index contributed by atoms with van der Waals surface area (Å²) in [5.41, 5.74) is 3.98. The van der Waals surface area contributed by atoms with Crippen LogP contribution in [0.15, 0.2) is 58.4 Å². The molecule has 3 aromatic rings. The number of fused-ring (bicyclic) bond motifs is 12. The molecule has 1 aromatic heterocycles. The zero-order chi connectivity index (χ0) is 30.0. The topological polar surface area (TPSA) is 92.8 Å². The second-order valence-electron chi connectivity index (χ2n) is 11.9. The number of carbonyl (C=O) groups is 2. The summed E-state index contributed by atoms with van der Waals surface area (Å²) in [6.45, 7) is 10.4. The number of nitrogens with one attached hydrogen (secondary N) is 1. The zero-order valence-corrected chi connectivity index (χ0v) is 26.1. The van der Waals surface area contributed by atoms with Gasteiger partial charge < -0.3 is 19.7 Å². The van der Waals surface area contributed by atoms with Crippen LogP contribution < -0.4 is 5.32 Å². The molecule has 4 unspecified atom stereocenters. The first-order valence-electron chi connectivity index (χ1n) is 14.5. The van der Waals surface area contributed by atoms with Crippen molar-refractivity contribution in [2.75, 3.05) is 18.6 Å². The summed E-state index contributed by atoms with van der Waals surface area (Å²) in [5, 5.41) is 17.3. The van der Waals surface area contributed by atoms with Crippen LogP contribution in [0.25, 0.3) is 21.8 Å². The SMILES string of the molecule is C=C(C)Sc1ccc2c(c1)c1c3c(c4c5c1n2C1(C)OC(CC1(O)C(=O)OC)[N+]5=C1C=CC(CSCC)=CC14)C(=O)NC3. The highest BCUT2D eigenvalue weighted by atomic mass is 32.2. The normalized spacial score (nSPS) is 27.8. The van der Waals surface area contributed by atoms with Gasteiger partial charge in [-0.2, -0.15) is 16.3 Å². The minimum absolute atomic E-state index is 0.00934. The number of nitrogens with zero attached hydrogens (tertiary/aromatic N) is 2. The van der Waals surface area contributed by atoms with E-state index in [1.54, 1.807) is 18.7 Å². The van der Waals surface area contributed by atoms with Gasteiger partial charge in [-0.3, -0.25) is 9.53 Å². The number of rotatable bonds is 6. The van der Waals surface area contributed by atoms with Crippen LogP contribution in [0.3, 0.4) is 0 Å². The lowest BCUT2D eigenvalue weighted by Crippen LogP contribution is -2.56. The van der Waals surface area contributed by atoms with Crippen molar-refractivity contribution in [2.45, 2.75) is 62.1 Å². The van der Waals surface area contributed by atoms with E-state index in [2.05, 4.69) is 47.7 Å². The molecule has 1 amide bonds. The third kappa shape index (κ3) is 3.35. The van der Waals surface area contributed by atoms with Crippen LogP contribution in [-0.2, 0) is 26.5 Å². The molecule has 43 heavy (non-hydrogen) atoms. The molecule has 1 fully saturated rings. The summed E-state index contributed by atoms with van der Waals surface area (Å²) in [7, 11) is 1.30. The first-order valence-corrected chi connectivity index (χ1v) is 16.5. The maximum atomic E-state index is 13.7. The van der Waals surface area contributed by atoms with E-state index in [4.69, 9.17) is 9.47 Å². The second-order valence-corrected chi connectivity index (χ2v) is 14.6. The molecule has 1 aliphatic carbocycles. The van der Waals surface area contributed by atoms with Crippen molar-refractivity contribution in [2.24, 2.45) is 0 Å². The summed E-state index contributed by atoms with van der Waals surface area (Å²) >= 11 is 3.44. The number of aromatic nitrogens is 1. The zero-order valence-electron chi connectivity index (χ0n) is 24.4. The lowest BCUT2D eigenvalue weighted by atomic mass is 9.84. The number of esters is 1. The molecule has 4 aliphatic heterocycles. The van der Waals surface area contributed by atoms with Gasteiger partial charge in [-0.05, 0) is 53.8 Å². The Morgan fingerprint density at radius 3 is 2.91 bits per heavy atom. The van der Waals surface area contributed by atoms with E-state index >= 15 is 0 Å². The Balaban J connectivity index is 1.55. The molecule has 0 saturated carbocycles. The Kier molecular flexibility index (Phi) is 5.77. The largest absolute Gasteiger partial charge is 0.467 e. The molecular weight excluding hydrogens is 583 g/mol. The van der Waals surface area contributed by atoms with Crippen molar-refractivity contribution in [1.82, 2.24) is 9.88 Å². The fraction of sp³-hybridized carbons (Fsp3) is 0.364. The molecule has 0 spiro atoms. The van der Waals surface area contributed by atoms with Crippen LogP contribution in [-0.4, -0.2) is 62.3 Å².